The van der Waals surface area contributed by atoms with E-state index in [0.717, 1.165) is 10.9 Å². The largest absolute Gasteiger partial charge is 0.390 e. The van der Waals surface area contributed by atoms with Gasteiger partial charge in [-0.15, -0.1) is 0 Å². The van der Waals surface area contributed by atoms with Crippen molar-refractivity contribution in [2.45, 2.75) is 24.0 Å². The van der Waals surface area contributed by atoms with Crippen LogP contribution in [0.5, 0.6) is 0 Å². The molecule has 1 amide bonds. The Morgan fingerprint density at radius 2 is 1.96 bits per heavy atom. The Balaban J connectivity index is 2.19. The van der Waals surface area contributed by atoms with E-state index >= 15 is 0 Å². The van der Waals surface area contributed by atoms with Crippen molar-refractivity contribution in [3.63, 3.8) is 0 Å². The van der Waals surface area contributed by atoms with E-state index < -0.39 is 35.1 Å². The molecule has 2 aromatic rings. The zero-order valence-corrected chi connectivity index (χ0v) is 15.4. The lowest BCUT2D eigenvalue weighted by molar-refractivity contribution is -0.136. The number of aromatic nitrogens is 2. The fourth-order valence-corrected chi connectivity index (χ4v) is 3.84. The highest BCUT2D eigenvalue weighted by atomic mass is 79.9. The van der Waals surface area contributed by atoms with Crippen LogP contribution in [0.3, 0.4) is 0 Å². The van der Waals surface area contributed by atoms with Gasteiger partial charge in [0.15, 0.2) is 5.69 Å². The molecule has 136 valence electrons. The smallest absolute Gasteiger partial charge is 0.324 e. The summed E-state index contributed by atoms with van der Waals surface area (Å²) in [5, 5.41) is -0.0856. The Kier molecular flexibility index (Phi) is 5.79. The molecule has 0 saturated heterocycles. The maximum absolute atomic E-state index is 12.3. The number of sulfonamides is 1. The van der Waals surface area contributed by atoms with Gasteiger partial charge in [0.05, 0.1) is 17.8 Å². The molecule has 0 fully saturated rings. The zero-order chi connectivity index (χ0) is 18.8. The molecule has 0 saturated carbocycles. The number of hydrogen-bond acceptors (Lipinski definition) is 4. The van der Waals surface area contributed by atoms with Crippen molar-refractivity contribution in [2.75, 3.05) is 0 Å². The summed E-state index contributed by atoms with van der Waals surface area (Å²) in [6, 6.07) is 5.48. The molecule has 25 heavy (non-hydrogen) atoms. The molecule has 0 spiro atoms. The third-order valence-corrected chi connectivity index (χ3v) is 5.64. The average molecular weight is 461 g/mol. The molecular formula is C13H10BrClF3N3O3S. The second-order valence-electron chi connectivity index (χ2n) is 4.81. The third-order valence-electron chi connectivity index (χ3n) is 2.98. The Hall–Kier alpha value is -1.59. The molecule has 0 bridgehead atoms. The third kappa shape index (κ3) is 4.95. The van der Waals surface area contributed by atoms with Crippen LogP contribution in [0.2, 0.25) is 5.02 Å². The van der Waals surface area contributed by atoms with E-state index in [0.29, 0.717) is 0 Å². The minimum absolute atomic E-state index is 0.0661. The molecular weight excluding hydrogens is 451 g/mol. The van der Waals surface area contributed by atoms with E-state index in [-0.39, 0.29) is 20.2 Å². The summed E-state index contributed by atoms with van der Waals surface area (Å²) < 4.78 is 63.9. The molecule has 0 aliphatic carbocycles. The maximum atomic E-state index is 12.3. The van der Waals surface area contributed by atoms with Gasteiger partial charge in [-0.3, -0.25) is 4.79 Å². The van der Waals surface area contributed by atoms with E-state index in [4.69, 9.17) is 11.6 Å². The minimum Gasteiger partial charge on any atom is -0.324 e. The van der Waals surface area contributed by atoms with Gasteiger partial charge in [-0.1, -0.05) is 23.7 Å². The Bertz CT molecular complexity index is 899. The Morgan fingerprint density at radius 1 is 1.32 bits per heavy atom. The predicted octanol–water partition coefficient (Wildman–Crippen LogP) is 3.37. The van der Waals surface area contributed by atoms with Crippen LogP contribution in [0.25, 0.3) is 0 Å². The van der Waals surface area contributed by atoms with Crippen LogP contribution in [0.4, 0.5) is 13.2 Å². The number of halogens is 5. The predicted molar refractivity (Wildman–Crippen MR) is 86.7 cm³/mol. The molecule has 1 aromatic heterocycles. The van der Waals surface area contributed by atoms with Gasteiger partial charge >= 0.3 is 6.18 Å². The van der Waals surface area contributed by atoms with Crippen LogP contribution < -0.4 is 4.72 Å². The molecule has 1 aromatic carbocycles. The van der Waals surface area contributed by atoms with E-state index in [1.54, 1.807) is 4.72 Å². The summed E-state index contributed by atoms with van der Waals surface area (Å²) in [5.41, 5.74) is -0.363. The zero-order valence-electron chi connectivity index (χ0n) is 12.2. The summed E-state index contributed by atoms with van der Waals surface area (Å²) in [5.74, 6) is -1.10. The lowest BCUT2D eigenvalue weighted by Gasteiger charge is -2.09. The van der Waals surface area contributed by atoms with Crippen LogP contribution in [0.1, 0.15) is 16.9 Å². The molecule has 12 heteroatoms. The number of imidazole rings is 1. The summed E-state index contributed by atoms with van der Waals surface area (Å²) in [7, 11) is -4.26. The summed E-state index contributed by atoms with van der Waals surface area (Å²) in [6.07, 6.45) is -4.49. The fourth-order valence-electron chi connectivity index (χ4n) is 1.81. The molecule has 0 aliphatic heterocycles. The highest BCUT2D eigenvalue weighted by Gasteiger charge is 2.28. The van der Waals surface area contributed by atoms with Crippen molar-refractivity contribution in [2.24, 2.45) is 0 Å². The molecule has 0 aliphatic rings. The SMILES string of the molecule is O=C(NS(=O)(=O)c1ccccc1Cl)c1ncn(CCC(F)(F)F)c1Br. The molecule has 2 rings (SSSR count). The molecule has 0 radical (unpaired) electrons. The number of aryl methyl sites for hydroxylation is 1. The number of amides is 1. The van der Waals surface area contributed by atoms with Gasteiger partial charge in [-0.25, -0.2) is 18.1 Å². The van der Waals surface area contributed by atoms with Crippen LogP contribution in [-0.4, -0.2) is 30.1 Å². The second-order valence-corrected chi connectivity index (χ2v) is 7.62. The first-order valence-electron chi connectivity index (χ1n) is 6.60. The average Bonchev–Trinajstić information content (AvgIpc) is 2.85. The van der Waals surface area contributed by atoms with Crippen LogP contribution in [-0.2, 0) is 16.6 Å². The van der Waals surface area contributed by atoms with Crippen molar-refractivity contribution >= 4 is 43.5 Å². The quantitative estimate of drug-likeness (QED) is 0.742. The van der Waals surface area contributed by atoms with Crippen LogP contribution in [0, 0.1) is 0 Å². The van der Waals surface area contributed by atoms with E-state index in [1.807, 2.05) is 0 Å². The summed E-state index contributed by atoms with van der Waals surface area (Å²) in [6.45, 7) is -0.471. The number of rotatable bonds is 5. The summed E-state index contributed by atoms with van der Waals surface area (Å²) >= 11 is 8.74. The van der Waals surface area contributed by atoms with Gasteiger partial charge in [0.2, 0.25) is 0 Å². The minimum atomic E-state index is -4.38. The summed E-state index contributed by atoms with van der Waals surface area (Å²) in [4.78, 5) is 15.5. The number of nitrogens with one attached hydrogen (secondary N) is 1. The molecule has 1 N–H and O–H groups in total. The lowest BCUT2D eigenvalue weighted by atomic mass is 10.4. The van der Waals surface area contributed by atoms with Crippen molar-refractivity contribution in [3.8, 4) is 0 Å². The first-order valence-corrected chi connectivity index (χ1v) is 9.26. The van der Waals surface area contributed by atoms with Gasteiger partial charge in [0, 0.05) is 6.54 Å². The first-order chi connectivity index (χ1) is 11.5. The number of benzene rings is 1. The number of carbonyl (C=O) groups excluding carboxylic acids is 1. The van der Waals surface area contributed by atoms with Gasteiger partial charge in [0.25, 0.3) is 15.9 Å². The maximum Gasteiger partial charge on any atom is 0.390 e. The van der Waals surface area contributed by atoms with Gasteiger partial charge in [0.1, 0.15) is 9.50 Å². The number of alkyl halides is 3. The highest BCUT2D eigenvalue weighted by molar-refractivity contribution is 9.10. The van der Waals surface area contributed by atoms with Crippen molar-refractivity contribution in [1.29, 1.82) is 0 Å². The van der Waals surface area contributed by atoms with Crippen LogP contribution in [0.15, 0.2) is 40.1 Å². The number of hydrogen-bond donors (Lipinski definition) is 1. The molecule has 0 atom stereocenters. The monoisotopic (exact) mass is 459 g/mol. The highest BCUT2D eigenvalue weighted by Crippen LogP contribution is 2.24. The number of nitrogens with zero attached hydrogens (tertiary/aromatic N) is 2. The first kappa shape index (κ1) is 19.7. The van der Waals surface area contributed by atoms with E-state index in [1.165, 1.54) is 24.3 Å². The van der Waals surface area contributed by atoms with Gasteiger partial charge in [-0.05, 0) is 28.1 Å². The van der Waals surface area contributed by atoms with Crippen LogP contribution >= 0.6 is 27.5 Å². The van der Waals surface area contributed by atoms with Crippen molar-refractivity contribution < 1.29 is 26.4 Å². The molecule has 0 unspecified atom stereocenters. The standard InChI is InChI=1S/C13H10BrClF3N3O3S/c14-11-10(19-7-21(11)6-5-13(16,17)18)12(22)20-25(23,24)9-4-2-1-3-8(9)15/h1-4,7H,5-6H2,(H,20,22). The Labute approximate surface area is 154 Å². The lowest BCUT2D eigenvalue weighted by Crippen LogP contribution is -2.31. The van der Waals surface area contributed by atoms with Crippen molar-refractivity contribution in [3.05, 3.63) is 45.9 Å². The topological polar surface area (TPSA) is 81.1 Å². The van der Waals surface area contributed by atoms with E-state index in [9.17, 15) is 26.4 Å². The second kappa shape index (κ2) is 7.34. The van der Waals surface area contributed by atoms with Gasteiger partial charge < -0.3 is 4.57 Å². The van der Waals surface area contributed by atoms with E-state index in [2.05, 4.69) is 20.9 Å². The number of carbonyl (C=O) groups is 1. The molecule has 6 nitrogen and oxygen atoms in total. The van der Waals surface area contributed by atoms with Gasteiger partial charge in [-0.2, -0.15) is 13.2 Å². The Morgan fingerprint density at radius 3 is 2.56 bits per heavy atom. The van der Waals surface area contributed by atoms with Crippen molar-refractivity contribution in [1.82, 2.24) is 14.3 Å². The molecule has 1 heterocycles. The fraction of sp³-hybridized carbons (Fsp3) is 0.231. The normalized spacial score (nSPS) is 12.2.